The molecule has 406 valence electrons. The molecular formula is C78H74N4. The third kappa shape index (κ3) is 11.2. The first-order valence-electron chi connectivity index (χ1n) is 29.2. The Bertz CT molecular complexity index is 4180. The molecule has 0 bridgehead atoms. The summed E-state index contributed by atoms with van der Waals surface area (Å²) in [4.78, 5) is 2.28. The second-order valence-corrected chi connectivity index (χ2v) is 22.5. The first-order valence-corrected chi connectivity index (χ1v) is 29.2. The minimum atomic E-state index is 0.491. The lowest BCUT2D eigenvalue weighted by Crippen LogP contribution is -2.09. The molecular weight excluding hydrogens is 993 g/mol. The molecule has 3 heterocycles. The van der Waals surface area contributed by atoms with E-state index >= 15 is 0 Å². The SMILES string of the molecule is CC(C)c1ccc(-n2c3ccccc3c3ccccc32)cc1.CC(C)c1ccc(N(c2ccccc2)c2ccccc2)cc1.CC(C)c1cccc(-n2c3ccccc3c3ccccc32)c1.CC(C)n1c2ccccc2c2ccccc21. The number of benzene rings is 11. The predicted molar refractivity (Wildman–Crippen MR) is 355 cm³/mol. The Hall–Kier alpha value is -9.38. The maximum absolute atomic E-state index is 2.41. The molecule has 14 rings (SSSR count). The molecule has 4 heteroatoms. The Balaban J connectivity index is 0.000000115. The van der Waals surface area contributed by atoms with E-state index < -0.39 is 0 Å². The summed E-state index contributed by atoms with van der Waals surface area (Å²) >= 11 is 0. The molecule has 0 aliphatic carbocycles. The fourth-order valence-corrected chi connectivity index (χ4v) is 11.6. The molecule has 0 aliphatic heterocycles. The van der Waals surface area contributed by atoms with Gasteiger partial charge in [0.15, 0.2) is 0 Å². The quantitative estimate of drug-likeness (QED) is 0.141. The van der Waals surface area contributed by atoms with E-state index in [0.717, 1.165) is 0 Å². The minimum absolute atomic E-state index is 0.491. The van der Waals surface area contributed by atoms with E-state index in [2.05, 4.69) is 353 Å². The van der Waals surface area contributed by atoms with Gasteiger partial charge >= 0.3 is 0 Å². The zero-order valence-corrected chi connectivity index (χ0v) is 48.7. The van der Waals surface area contributed by atoms with Crippen molar-refractivity contribution < 1.29 is 0 Å². The Morgan fingerprint density at radius 1 is 0.244 bits per heavy atom. The maximum Gasteiger partial charge on any atom is 0.0541 e. The van der Waals surface area contributed by atoms with Crippen LogP contribution in [0.25, 0.3) is 76.8 Å². The molecule has 82 heavy (non-hydrogen) atoms. The highest BCUT2D eigenvalue weighted by atomic mass is 15.1. The first-order chi connectivity index (χ1) is 40.0. The summed E-state index contributed by atoms with van der Waals surface area (Å²) in [6.07, 6.45) is 0. The van der Waals surface area contributed by atoms with Crippen molar-refractivity contribution in [2.45, 2.75) is 79.2 Å². The van der Waals surface area contributed by atoms with Crippen LogP contribution in [0.5, 0.6) is 0 Å². The molecule has 0 fully saturated rings. The Morgan fingerprint density at radius 2 is 0.549 bits per heavy atom. The van der Waals surface area contributed by atoms with Crippen LogP contribution in [0.3, 0.4) is 0 Å². The van der Waals surface area contributed by atoms with Crippen molar-refractivity contribution in [1.29, 1.82) is 0 Å². The number of fused-ring (bicyclic) bond motifs is 9. The van der Waals surface area contributed by atoms with Crippen LogP contribution >= 0.6 is 0 Å². The Kier molecular flexibility index (Phi) is 16.3. The zero-order valence-electron chi connectivity index (χ0n) is 48.7. The molecule has 0 aliphatic rings. The largest absolute Gasteiger partial charge is 0.338 e. The molecule has 0 saturated carbocycles. The Labute approximate surface area is 484 Å². The summed E-state index contributed by atoms with van der Waals surface area (Å²) in [5.74, 6) is 1.65. The number of nitrogens with zero attached hydrogens (tertiary/aromatic N) is 4. The summed E-state index contributed by atoms with van der Waals surface area (Å²) < 4.78 is 7.13. The van der Waals surface area contributed by atoms with Crippen LogP contribution in [0.4, 0.5) is 17.1 Å². The fourth-order valence-electron chi connectivity index (χ4n) is 11.6. The number of hydrogen-bond donors (Lipinski definition) is 0. The van der Waals surface area contributed by atoms with Gasteiger partial charge in [-0.1, -0.05) is 224 Å². The lowest BCUT2D eigenvalue weighted by atomic mass is 10.0. The average Bonchev–Trinajstić information content (AvgIpc) is 4.04. The van der Waals surface area contributed by atoms with Gasteiger partial charge in [0.25, 0.3) is 0 Å². The number of aromatic nitrogens is 3. The van der Waals surface area contributed by atoms with E-state index in [1.165, 1.54) is 111 Å². The molecule has 14 aromatic rings. The van der Waals surface area contributed by atoms with Crippen molar-refractivity contribution >= 4 is 82.5 Å². The van der Waals surface area contributed by atoms with Crippen LogP contribution in [0, 0.1) is 0 Å². The molecule has 0 saturated heterocycles. The van der Waals surface area contributed by atoms with E-state index in [4.69, 9.17) is 0 Å². The van der Waals surface area contributed by atoms with Gasteiger partial charge in [-0.15, -0.1) is 0 Å². The minimum Gasteiger partial charge on any atom is -0.338 e. The normalized spacial score (nSPS) is 11.4. The highest BCUT2D eigenvalue weighted by Crippen LogP contribution is 2.37. The van der Waals surface area contributed by atoms with Gasteiger partial charge in [0.1, 0.15) is 0 Å². The number of rotatable bonds is 9. The molecule has 0 spiro atoms. The number of anilines is 3. The van der Waals surface area contributed by atoms with Crippen LogP contribution in [0.1, 0.15) is 95.9 Å². The maximum atomic E-state index is 2.41. The van der Waals surface area contributed by atoms with Crippen molar-refractivity contribution in [3.63, 3.8) is 0 Å². The van der Waals surface area contributed by atoms with Gasteiger partial charge < -0.3 is 18.6 Å². The van der Waals surface area contributed by atoms with Gasteiger partial charge in [0.05, 0.1) is 22.1 Å². The predicted octanol–water partition coefficient (Wildman–Crippen LogP) is 22.5. The molecule has 3 aromatic heterocycles. The summed E-state index contributed by atoms with van der Waals surface area (Å²) in [6.45, 7) is 17.9. The van der Waals surface area contributed by atoms with E-state index in [-0.39, 0.29) is 0 Å². The Morgan fingerprint density at radius 3 is 0.915 bits per heavy atom. The fraction of sp³-hybridized carbons (Fsp3) is 0.154. The molecule has 0 radical (unpaired) electrons. The zero-order chi connectivity index (χ0) is 56.7. The van der Waals surface area contributed by atoms with Gasteiger partial charge in [-0.3, -0.25) is 0 Å². The van der Waals surface area contributed by atoms with Crippen molar-refractivity contribution in [3.8, 4) is 11.4 Å². The summed E-state index contributed by atoms with van der Waals surface area (Å²) in [6, 6.07) is 99.9. The van der Waals surface area contributed by atoms with Gasteiger partial charge in [0.2, 0.25) is 0 Å². The third-order valence-electron chi connectivity index (χ3n) is 15.8. The van der Waals surface area contributed by atoms with Crippen LogP contribution in [-0.2, 0) is 0 Å². The number of para-hydroxylation sites is 8. The molecule has 0 unspecified atom stereocenters. The molecule has 0 atom stereocenters. The molecule has 11 aromatic carbocycles. The molecule has 0 N–H and O–H groups in total. The van der Waals surface area contributed by atoms with E-state index in [9.17, 15) is 0 Å². The topological polar surface area (TPSA) is 18.0 Å². The third-order valence-corrected chi connectivity index (χ3v) is 15.8. The van der Waals surface area contributed by atoms with E-state index in [1.54, 1.807) is 0 Å². The van der Waals surface area contributed by atoms with Crippen LogP contribution < -0.4 is 4.90 Å². The van der Waals surface area contributed by atoms with Crippen molar-refractivity contribution in [2.24, 2.45) is 0 Å². The van der Waals surface area contributed by atoms with Crippen molar-refractivity contribution in [3.05, 3.63) is 296 Å². The smallest absolute Gasteiger partial charge is 0.0541 e. The van der Waals surface area contributed by atoms with Gasteiger partial charge in [-0.2, -0.15) is 0 Å². The standard InChI is InChI=1S/2C21H19N.C21H21N.C15H15N/c1-15(2)16-8-7-9-17(14-16)22-20-12-5-3-10-18(20)19-11-4-6-13-21(19)22;1-15(2)16-11-13-17(14-12-16)22-20-9-5-3-7-18(20)19-8-4-6-10-21(19)22;1-17(2)18-13-15-21(16-14-18)22(19-9-5-3-6-10-19)20-11-7-4-8-12-20;1-11(2)16-14-9-5-3-7-12(14)13-8-4-6-10-15(13)16/h2*3-15H,1-2H3;3-17H,1-2H3;3-11H,1-2H3. The van der Waals surface area contributed by atoms with Crippen LogP contribution in [0.2, 0.25) is 0 Å². The monoisotopic (exact) mass is 1070 g/mol. The van der Waals surface area contributed by atoms with Crippen LogP contribution in [-0.4, -0.2) is 13.7 Å². The lowest BCUT2D eigenvalue weighted by molar-refractivity contribution is 0.642. The van der Waals surface area contributed by atoms with Crippen LogP contribution in [0.15, 0.2) is 279 Å². The van der Waals surface area contributed by atoms with Gasteiger partial charge in [-0.05, 0) is 145 Å². The lowest BCUT2D eigenvalue weighted by Gasteiger charge is -2.25. The van der Waals surface area contributed by atoms with E-state index in [1.807, 2.05) is 0 Å². The second kappa shape index (κ2) is 24.5. The summed E-state index contributed by atoms with van der Waals surface area (Å²) in [7, 11) is 0. The second-order valence-electron chi connectivity index (χ2n) is 22.5. The first kappa shape index (κ1) is 54.6. The molecule has 0 amide bonds. The van der Waals surface area contributed by atoms with E-state index in [0.29, 0.717) is 23.8 Å². The van der Waals surface area contributed by atoms with Gasteiger partial charge in [-0.25, -0.2) is 0 Å². The molecule has 4 nitrogen and oxygen atoms in total. The van der Waals surface area contributed by atoms with Gasteiger partial charge in [0, 0.05) is 77.8 Å². The summed E-state index contributed by atoms with van der Waals surface area (Å²) in [5, 5.41) is 7.96. The highest BCUT2D eigenvalue weighted by molar-refractivity contribution is 6.10. The van der Waals surface area contributed by atoms with Crippen molar-refractivity contribution in [1.82, 2.24) is 13.7 Å². The average molecular weight is 1070 g/mol. The highest BCUT2D eigenvalue weighted by Gasteiger charge is 2.16. The summed E-state index contributed by atoms with van der Waals surface area (Å²) in [5.41, 5.74) is 17.8. The number of hydrogen-bond acceptors (Lipinski definition) is 1. The van der Waals surface area contributed by atoms with Crippen molar-refractivity contribution in [2.75, 3.05) is 4.90 Å².